The van der Waals surface area contributed by atoms with E-state index >= 15 is 0 Å². The quantitative estimate of drug-likeness (QED) is 0.661. The minimum atomic E-state index is 0.131. The highest BCUT2D eigenvalue weighted by Gasteiger charge is 2.21. The molecule has 88 valence electrons. The SMILES string of the molecule is COCCNC(=O)CC1CCCC(N)C1. The summed E-state index contributed by atoms with van der Waals surface area (Å²) in [5.74, 6) is 0.613. The molecule has 0 aliphatic heterocycles. The first-order valence-electron chi connectivity index (χ1n) is 5.73. The zero-order valence-corrected chi connectivity index (χ0v) is 9.50. The zero-order chi connectivity index (χ0) is 11.1. The number of methoxy groups -OCH3 is 1. The second kappa shape index (κ2) is 6.80. The number of carbonyl (C=O) groups is 1. The van der Waals surface area contributed by atoms with Crippen LogP contribution in [0.25, 0.3) is 0 Å². The van der Waals surface area contributed by atoms with E-state index in [1.807, 2.05) is 0 Å². The monoisotopic (exact) mass is 214 g/mol. The molecule has 0 radical (unpaired) electrons. The maximum atomic E-state index is 11.5. The zero-order valence-electron chi connectivity index (χ0n) is 9.50. The maximum absolute atomic E-state index is 11.5. The Morgan fingerprint density at radius 2 is 2.33 bits per heavy atom. The van der Waals surface area contributed by atoms with Crippen molar-refractivity contribution in [2.75, 3.05) is 20.3 Å². The highest BCUT2D eigenvalue weighted by Crippen LogP contribution is 2.25. The van der Waals surface area contributed by atoms with Crippen molar-refractivity contribution in [2.24, 2.45) is 11.7 Å². The van der Waals surface area contributed by atoms with Crippen molar-refractivity contribution in [3.63, 3.8) is 0 Å². The summed E-state index contributed by atoms with van der Waals surface area (Å²) in [5, 5.41) is 2.84. The lowest BCUT2D eigenvalue weighted by molar-refractivity contribution is -0.122. The van der Waals surface area contributed by atoms with Crippen molar-refractivity contribution in [1.29, 1.82) is 0 Å². The minimum absolute atomic E-state index is 0.131. The second-order valence-corrected chi connectivity index (χ2v) is 4.34. The van der Waals surface area contributed by atoms with Gasteiger partial charge in [0.15, 0.2) is 0 Å². The summed E-state index contributed by atoms with van der Waals surface area (Å²) in [6.45, 7) is 1.18. The minimum Gasteiger partial charge on any atom is -0.383 e. The van der Waals surface area contributed by atoms with E-state index in [-0.39, 0.29) is 5.91 Å². The molecule has 0 heterocycles. The summed E-state index contributed by atoms with van der Waals surface area (Å²) in [6.07, 6.45) is 5.04. The summed E-state index contributed by atoms with van der Waals surface area (Å²) >= 11 is 0. The van der Waals surface area contributed by atoms with Crippen LogP contribution < -0.4 is 11.1 Å². The standard InChI is InChI=1S/C11H22N2O2/c1-15-6-5-13-11(14)8-9-3-2-4-10(12)7-9/h9-10H,2-8,12H2,1H3,(H,13,14). The van der Waals surface area contributed by atoms with Crippen LogP contribution >= 0.6 is 0 Å². The molecule has 1 amide bonds. The van der Waals surface area contributed by atoms with Gasteiger partial charge in [0, 0.05) is 26.1 Å². The topological polar surface area (TPSA) is 64.3 Å². The van der Waals surface area contributed by atoms with E-state index in [0.29, 0.717) is 31.5 Å². The summed E-state index contributed by atoms with van der Waals surface area (Å²) in [7, 11) is 1.63. The molecule has 0 aromatic rings. The molecule has 15 heavy (non-hydrogen) atoms. The third-order valence-electron chi connectivity index (χ3n) is 2.93. The Hall–Kier alpha value is -0.610. The summed E-state index contributed by atoms with van der Waals surface area (Å²) < 4.78 is 4.86. The van der Waals surface area contributed by atoms with Gasteiger partial charge < -0.3 is 15.8 Å². The van der Waals surface area contributed by atoms with E-state index in [4.69, 9.17) is 10.5 Å². The third kappa shape index (κ3) is 5.14. The summed E-state index contributed by atoms with van der Waals surface area (Å²) in [5.41, 5.74) is 5.87. The molecule has 1 aliphatic carbocycles. The predicted molar refractivity (Wildman–Crippen MR) is 59.4 cm³/mol. The molecule has 1 rings (SSSR count). The smallest absolute Gasteiger partial charge is 0.220 e. The van der Waals surface area contributed by atoms with Crippen LogP contribution in [0.5, 0.6) is 0 Å². The van der Waals surface area contributed by atoms with Crippen LogP contribution in [-0.4, -0.2) is 32.2 Å². The van der Waals surface area contributed by atoms with Crippen LogP contribution in [0.15, 0.2) is 0 Å². The molecule has 4 heteroatoms. The molecule has 0 saturated heterocycles. The number of nitrogens with two attached hydrogens (primary N) is 1. The van der Waals surface area contributed by atoms with Gasteiger partial charge in [-0.15, -0.1) is 0 Å². The highest BCUT2D eigenvalue weighted by molar-refractivity contribution is 5.76. The Morgan fingerprint density at radius 3 is 3.00 bits per heavy atom. The first kappa shape index (κ1) is 12.5. The van der Waals surface area contributed by atoms with Gasteiger partial charge in [-0.25, -0.2) is 0 Å². The van der Waals surface area contributed by atoms with Crippen LogP contribution in [0.4, 0.5) is 0 Å². The van der Waals surface area contributed by atoms with Crippen molar-refractivity contribution in [3.05, 3.63) is 0 Å². The number of rotatable bonds is 5. The Labute approximate surface area is 91.5 Å². The Kier molecular flexibility index (Phi) is 5.65. The van der Waals surface area contributed by atoms with Gasteiger partial charge in [-0.1, -0.05) is 6.42 Å². The first-order chi connectivity index (χ1) is 7.22. The number of hydrogen-bond donors (Lipinski definition) is 2. The summed E-state index contributed by atoms with van der Waals surface area (Å²) in [4.78, 5) is 11.5. The van der Waals surface area contributed by atoms with Crippen LogP contribution in [0, 0.1) is 5.92 Å². The van der Waals surface area contributed by atoms with Crippen LogP contribution in [-0.2, 0) is 9.53 Å². The van der Waals surface area contributed by atoms with Crippen molar-refractivity contribution in [1.82, 2.24) is 5.32 Å². The van der Waals surface area contributed by atoms with Crippen molar-refractivity contribution < 1.29 is 9.53 Å². The van der Waals surface area contributed by atoms with Crippen molar-refractivity contribution in [3.8, 4) is 0 Å². The van der Waals surface area contributed by atoms with Gasteiger partial charge in [-0.3, -0.25) is 4.79 Å². The molecule has 1 aliphatic rings. The Balaban J connectivity index is 2.13. The molecule has 1 saturated carbocycles. The Bertz CT molecular complexity index is 197. The van der Waals surface area contributed by atoms with Crippen LogP contribution in [0.2, 0.25) is 0 Å². The normalized spacial score (nSPS) is 26.3. The van der Waals surface area contributed by atoms with Crippen molar-refractivity contribution in [2.45, 2.75) is 38.1 Å². The van der Waals surface area contributed by atoms with E-state index in [1.165, 1.54) is 0 Å². The molecule has 2 atom stereocenters. The van der Waals surface area contributed by atoms with Crippen LogP contribution in [0.1, 0.15) is 32.1 Å². The molecular weight excluding hydrogens is 192 g/mol. The van der Waals surface area contributed by atoms with Crippen LogP contribution in [0.3, 0.4) is 0 Å². The lowest BCUT2D eigenvalue weighted by atomic mass is 9.84. The van der Waals surface area contributed by atoms with Gasteiger partial charge in [0.05, 0.1) is 6.61 Å². The highest BCUT2D eigenvalue weighted by atomic mass is 16.5. The fraction of sp³-hybridized carbons (Fsp3) is 0.909. The van der Waals surface area contributed by atoms with Gasteiger partial charge in [0.2, 0.25) is 5.91 Å². The summed E-state index contributed by atoms with van der Waals surface area (Å²) in [6, 6.07) is 0.301. The largest absolute Gasteiger partial charge is 0.383 e. The van der Waals surface area contributed by atoms with E-state index in [1.54, 1.807) is 7.11 Å². The lowest BCUT2D eigenvalue weighted by Gasteiger charge is -2.25. The second-order valence-electron chi connectivity index (χ2n) is 4.34. The van der Waals surface area contributed by atoms with Gasteiger partial charge in [-0.05, 0) is 25.2 Å². The average Bonchev–Trinajstić information content (AvgIpc) is 2.18. The fourth-order valence-corrected chi connectivity index (χ4v) is 2.14. The maximum Gasteiger partial charge on any atom is 0.220 e. The molecule has 3 N–H and O–H groups in total. The fourth-order valence-electron chi connectivity index (χ4n) is 2.14. The van der Waals surface area contributed by atoms with Gasteiger partial charge >= 0.3 is 0 Å². The molecule has 0 spiro atoms. The van der Waals surface area contributed by atoms with Gasteiger partial charge in [0.1, 0.15) is 0 Å². The molecule has 0 aromatic carbocycles. The van der Waals surface area contributed by atoms with E-state index in [2.05, 4.69) is 5.32 Å². The molecule has 0 aromatic heterocycles. The van der Waals surface area contributed by atoms with E-state index < -0.39 is 0 Å². The first-order valence-corrected chi connectivity index (χ1v) is 5.73. The number of amides is 1. The molecular formula is C11H22N2O2. The third-order valence-corrected chi connectivity index (χ3v) is 2.93. The number of nitrogens with one attached hydrogen (secondary N) is 1. The van der Waals surface area contributed by atoms with E-state index in [0.717, 1.165) is 25.7 Å². The van der Waals surface area contributed by atoms with Gasteiger partial charge in [-0.2, -0.15) is 0 Å². The molecule has 2 unspecified atom stereocenters. The average molecular weight is 214 g/mol. The van der Waals surface area contributed by atoms with E-state index in [9.17, 15) is 4.79 Å². The molecule has 4 nitrogen and oxygen atoms in total. The number of hydrogen-bond acceptors (Lipinski definition) is 3. The predicted octanol–water partition coefficient (Wildman–Crippen LogP) is 0.657. The van der Waals surface area contributed by atoms with Crippen molar-refractivity contribution >= 4 is 5.91 Å². The van der Waals surface area contributed by atoms with Gasteiger partial charge in [0.25, 0.3) is 0 Å². The Morgan fingerprint density at radius 1 is 1.53 bits per heavy atom. The number of ether oxygens (including phenoxy) is 1. The lowest BCUT2D eigenvalue weighted by Crippen LogP contribution is -2.33. The number of carbonyl (C=O) groups excluding carboxylic acids is 1. The molecule has 1 fully saturated rings. The molecule has 0 bridgehead atoms.